The molecule has 1 aliphatic heterocycles. The van der Waals surface area contributed by atoms with Gasteiger partial charge in [-0.3, -0.25) is 0 Å². The zero-order chi connectivity index (χ0) is 5.98. The number of nitrogens with zero attached hydrogens (tertiary/aromatic N) is 1. The van der Waals surface area contributed by atoms with Gasteiger partial charge in [0, 0.05) is 0 Å². The van der Waals surface area contributed by atoms with Gasteiger partial charge in [0.15, 0.2) is 0 Å². The Morgan fingerprint density at radius 1 is 1.75 bits per heavy atom. The van der Waals surface area contributed by atoms with Gasteiger partial charge in [0.1, 0.15) is 0 Å². The molecule has 0 N–H and O–H groups in total. The maximum atomic E-state index is 12.2. The number of ether oxygens (including phenoxy) is 1. The standard InChI is InChI=1S/C5H10FNO/c1-5-4-7(6)2-3-8-5/h5H,2-4H2,1H3/t5-/m0/s1. The fourth-order valence-corrected chi connectivity index (χ4v) is 0.776. The first-order valence-corrected chi connectivity index (χ1v) is 2.81. The third-order valence-corrected chi connectivity index (χ3v) is 1.19. The van der Waals surface area contributed by atoms with Crippen LogP contribution in [0.15, 0.2) is 0 Å². The highest BCUT2D eigenvalue weighted by Crippen LogP contribution is 2.02. The van der Waals surface area contributed by atoms with Crippen LogP contribution in [0.2, 0.25) is 0 Å². The van der Waals surface area contributed by atoms with Crippen LogP contribution in [-0.2, 0) is 4.74 Å². The molecule has 0 spiro atoms. The quantitative estimate of drug-likeness (QED) is 0.433. The Hall–Kier alpha value is -0.150. The molecule has 48 valence electrons. The van der Waals surface area contributed by atoms with E-state index in [2.05, 4.69) is 0 Å². The summed E-state index contributed by atoms with van der Waals surface area (Å²) in [6, 6.07) is 0. The number of rotatable bonds is 0. The third-order valence-electron chi connectivity index (χ3n) is 1.19. The van der Waals surface area contributed by atoms with Gasteiger partial charge in [-0.15, -0.1) is 9.60 Å². The second-order valence-corrected chi connectivity index (χ2v) is 2.05. The normalized spacial score (nSPS) is 33.0. The van der Waals surface area contributed by atoms with Crippen LogP contribution < -0.4 is 0 Å². The lowest BCUT2D eigenvalue weighted by atomic mass is 10.3. The van der Waals surface area contributed by atoms with Crippen molar-refractivity contribution >= 4 is 0 Å². The molecule has 0 aliphatic carbocycles. The van der Waals surface area contributed by atoms with E-state index < -0.39 is 0 Å². The van der Waals surface area contributed by atoms with Crippen LogP contribution in [0, 0.1) is 0 Å². The lowest BCUT2D eigenvalue weighted by Crippen LogP contribution is -2.35. The van der Waals surface area contributed by atoms with E-state index >= 15 is 0 Å². The maximum Gasteiger partial charge on any atom is 0.0700 e. The Morgan fingerprint density at radius 2 is 2.50 bits per heavy atom. The smallest absolute Gasteiger partial charge is 0.0700 e. The van der Waals surface area contributed by atoms with E-state index in [4.69, 9.17) is 4.74 Å². The number of hydrogen-bond donors (Lipinski definition) is 0. The Kier molecular flexibility index (Phi) is 1.81. The number of morpholine rings is 1. The molecule has 0 aromatic heterocycles. The highest BCUT2D eigenvalue weighted by Gasteiger charge is 2.14. The molecule has 1 fully saturated rings. The topological polar surface area (TPSA) is 12.5 Å². The second-order valence-electron chi connectivity index (χ2n) is 2.05. The third kappa shape index (κ3) is 1.42. The Labute approximate surface area is 48.2 Å². The van der Waals surface area contributed by atoms with Crippen molar-refractivity contribution in [1.82, 2.24) is 5.12 Å². The Morgan fingerprint density at radius 3 is 2.88 bits per heavy atom. The van der Waals surface area contributed by atoms with Gasteiger partial charge in [0.05, 0.1) is 25.8 Å². The molecule has 1 heterocycles. The first kappa shape index (κ1) is 5.98. The summed E-state index contributed by atoms with van der Waals surface area (Å²) in [7, 11) is 0. The second kappa shape index (κ2) is 2.42. The summed E-state index contributed by atoms with van der Waals surface area (Å²) in [6.45, 7) is 3.23. The highest BCUT2D eigenvalue weighted by molar-refractivity contribution is 4.59. The molecule has 0 unspecified atom stereocenters. The average Bonchev–Trinajstić information content (AvgIpc) is 1.64. The van der Waals surface area contributed by atoms with Crippen LogP contribution in [-0.4, -0.2) is 30.9 Å². The molecule has 0 bridgehead atoms. The van der Waals surface area contributed by atoms with Crippen molar-refractivity contribution in [3.8, 4) is 0 Å². The molecule has 1 atom stereocenters. The molecule has 1 saturated heterocycles. The van der Waals surface area contributed by atoms with Gasteiger partial charge in [-0.2, -0.15) is 0 Å². The van der Waals surface area contributed by atoms with Gasteiger partial charge in [-0.25, -0.2) is 0 Å². The van der Waals surface area contributed by atoms with E-state index in [0.717, 1.165) is 5.12 Å². The first-order valence-electron chi connectivity index (χ1n) is 2.81. The van der Waals surface area contributed by atoms with Crippen molar-refractivity contribution in [3.63, 3.8) is 0 Å². The minimum atomic E-state index is 0.0637. The Bertz CT molecular complexity index is 70.8. The summed E-state index contributed by atoms with van der Waals surface area (Å²) in [5.41, 5.74) is 0. The van der Waals surface area contributed by atoms with Crippen LogP contribution in [0.4, 0.5) is 4.48 Å². The summed E-state index contributed by atoms with van der Waals surface area (Å²) in [6.07, 6.45) is 0.0637. The minimum absolute atomic E-state index is 0.0637. The molecule has 2 nitrogen and oxygen atoms in total. The lowest BCUT2D eigenvalue weighted by molar-refractivity contribution is -0.0997. The van der Waals surface area contributed by atoms with Crippen LogP contribution in [0.1, 0.15) is 6.92 Å². The maximum absolute atomic E-state index is 12.2. The van der Waals surface area contributed by atoms with Crippen LogP contribution in [0.25, 0.3) is 0 Å². The van der Waals surface area contributed by atoms with E-state index in [9.17, 15) is 4.48 Å². The van der Waals surface area contributed by atoms with Crippen LogP contribution >= 0.6 is 0 Å². The van der Waals surface area contributed by atoms with Crippen molar-refractivity contribution < 1.29 is 9.22 Å². The average molecular weight is 119 g/mol. The van der Waals surface area contributed by atoms with E-state index in [1.165, 1.54) is 0 Å². The van der Waals surface area contributed by atoms with Crippen LogP contribution in [0.5, 0.6) is 0 Å². The van der Waals surface area contributed by atoms with Gasteiger partial charge < -0.3 is 4.74 Å². The predicted molar refractivity (Wildman–Crippen MR) is 28.1 cm³/mol. The fourth-order valence-electron chi connectivity index (χ4n) is 0.776. The van der Waals surface area contributed by atoms with Crippen molar-refractivity contribution in [3.05, 3.63) is 0 Å². The zero-order valence-electron chi connectivity index (χ0n) is 4.93. The highest BCUT2D eigenvalue weighted by atomic mass is 19.2. The van der Waals surface area contributed by atoms with Crippen molar-refractivity contribution in [1.29, 1.82) is 0 Å². The zero-order valence-corrected chi connectivity index (χ0v) is 4.93. The molecule has 1 aliphatic rings. The van der Waals surface area contributed by atoms with E-state index in [0.29, 0.717) is 19.7 Å². The molecule has 1 rings (SSSR count). The van der Waals surface area contributed by atoms with E-state index in [1.807, 2.05) is 6.92 Å². The summed E-state index contributed by atoms with van der Waals surface area (Å²) >= 11 is 0. The van der Waals surface area contributed by atoms with E-state index in [-0.39, 0.29) is 6.10 Å². The lowest BCUT2D eigenvalue weighted by Gasteiger charge is -2.23. The largest absolute Gasteiger partial charge is 0.376 e. The van der Waals surface area contributed by atoms with Crippen LogP contribution in [0.3, 0.4) is 0 Å². The summed E-state index contributed by atoms with van der Waals surface area (Å²) < 4.78 is 17.3. The van der Waals surface area contributed by atoms with E-state index in [1.54, 1.807) is 0 Å². The first-order chi connectivity index (χ1) is 3.79. The van der Waals surface area contributed by atoms with Crippen molar-refractivity contribution in [2.75, 3.05) is 19.7 Å². The molecule has 0 aromatic carbocycles. The molecular formula is C5H10FNO. The molecule has 0 radical (unpaired) electrons. The van der Waals surface area contributed by atoms with Gasteiger partial charge >= 0.3 is 0 Å². The van der Waals surface area contributed by atoms with Crippen molar-refractivity contribution in [2.45, 2.75) is 13.0 Å². The van der Waals surface area contributed by atoms with Gasteiger partial charge in [-0.05, 0) is 6.92 Å². The van der Waals surface area contributed by atoms with Crippen molar-refractivity contribution in [2.24, 2.45) is 0 Å². The fraction of sp³-hybridized carbons (Fsp3) is 1.00. The van der Waals surface area contributed by atoms with Gasteiger partial charge in [0.2, 0.25) is 0 Å². The number of halogens is 1. The SMILES string of the molecule is C[C@H]1CN(F)CCO1. The molecular weight excluding hydrogens is 109 g/mol. The minimum Gasteiger partial charge on any atom is -0.376 e. The Balaban J connectivity index is 2.23. The molecule has 0 amide bonds. The molecule has 3 heteroatoms. The monoisotopic (exact) mass is 119 g/mol. The van der Waals surface area contributed by atoms with Gasteiger partial charge in [0.25, 0.3) is 0 Å². The summed E-state index contributed by atoms with van der Waals surface area (Å²) in [5.74, 6) is 0. The molecule has 8 heavy (non-hydrogen) atoms. The summed E-state index contributed by atoms with van der Waals surface area (Å²) in [5, 5.41) is 0.786. The van der Waals surface area contributed by atoms with Gasteiger partial charge in [-0.1, -0.05) is 0 Å². The molecule has 0 saturated carbocycles. The predicted octanol–water partition coefficient (Wildman–Crippen LogP) is 0.592. The number of hydrogen-bond acceptors (Lipinski definition) is 2. The molecule has 0 aromatic rings. The summed E-state index contributed by atoms with van der Waals surface area (Å²) in [4.78, 5) is 0.